The molecule has 0 bridgehead atoms. The summed E-state index contributed by atoms with van der Waals surface area (Å²) < 4.78 is 4.89. The number of carbonyl (C=O) groups is 1. The fourth-order valence-corrected chi connectivity index (χ4v) is 1.54. The number of nitriles is 1. The van der Waals surface area contributed by atoms with Crippen LogP contribution >= 0.6 is 0 Å². The summed E-state index contributed by atoms with van der Waals surface area (Å²) in [6.07, 6.45) is 0. The molecule has 0 aliphatic rings. The van der Waals surface area contributed by atoms with Gasteiger partial charge in [-0.1, -0.05) is 0 Å². The molecule has 4 nitrogen and oxygen atoms in total. The molecule has 0 fully saturated rings. The average Bonchev–Trinajstić information content (AvgIpc) is 2.27. The quantitative estimate of drug-likeness (QED) is 0.783. The zero-order valence-electron chi connectivity index (χ0n) is 9.28. The van der Waals surface area contributed by atoms with Crippen LogP contribution in [0.1, 0.15) is 34.0 Å². The number of aryl methyl sites for hydroxylation is 1. The predicted molar refractivity (Wildman–Crippen MR) is 57.8 cm³/mol. The minimum atomic E-state index is -0.464. The summed E-state index contributed by atoms with van der Waals surface area (Å²) >= 11 is 0. The van der Waals surface area contributed by atoms with Crippen LogP contribution in [0.5, 0.6) is 0 Å². The Morgan fingerprint density at radius 2 is 2.25 bits per heavy atom. The van der Waals surface area contributed by atoms with Crippen molar-refractivity contribution in [3.63, 3.8) is 0 Å². The van der Waals surface area contributed by atoms with E-state index in [1.165, 1.54) is 6.07 Å². The number of rotatable bonds is 3. The van der Waals surface area contributed by atoms with Crippen LogP contribution in [0.3, 0.4) is 0 Å². The first kappa shape index (κ1) is 12.2. The van der Waals surface area contributed by atoms with Crippen molar-refractivity contribution in [2.75, 3.05) is 6.61 Å². The van der Waals surface area contributed by atoms with E-state index in [0.717, 1.165) is 0 Å². The van der Waals surface area contributed by atoms with E-state index in [0.29, 0.717) is 22.3 Å². The molecule has 4 heteroatoms. The van der Waals surface area contributed by atoms with Crippen molar-refractivity contribution in [3.05, 3.63) is 34.4 Å². The van der Waals surface area contributed by atoms with Crippen LogP contribution in [0.25, 0.3) is 0 Å². The molecule has 0 radical (unpaired) electrons. The Morgan fingerprint density at radius 3 is 2.75 bits per heavy atom. The van der Waals surface area contributed by atoms with Crippen molar-refractivity contribution in [1.82, 2.24) is 0 Å². The Hall–Kier alpha value is -1.86. The molecule has 0 atom stereocenters. The maximum absolute atomic E-state index is 11.6. The summed E-state index contributed by atoms with van der Waals surface area (Å²) in [5.74, 6) is -0.464. The summed E-state index contributed by atoms with van der Waals surface area (Å²) in [6, 6.07) is 5.08. The Morgan fingerprint density at radius 1 is 1.56 bits per heavy atom. The lowest BCUT2D eigenvalue weighted by Crippen LogP contribution is -2.11. The Kier molecular flexibility index (Phi) is 4.03. The van der Waals surface area contributed by atoms with Crippen LogP contribution < -0.4 is 0 Å². The summed E-state index contributed by atoms with van der Waals surface area (Å²) in [5.41, 5.74) is 1.84. The third-order valence-electron chi connectivity index (χ3n) is 2.20. The number of benzene rings is 1. The largest absolute Gasteiger partial charge is 0.462 e. The lowest BCUT2D eigenvalue weighted by molar-refractivity contribution is 0.0522. The molecule has 0 heterocycles. The molecule has 84 valence electrons. The van der Waals surface area contributed by atoms with Crippen molar-refractivity contribution in [2.45, 2.75) is 20.5 Å². The Bertz CT molecular complexity index is 446. The third-order valence-corrected chi connectivity index (χ3v) is 2.20. The van der Waals surface area contributed by atoms with Gasteiger partial charge in [0.15, 0.2) is 0 Å². The van der Waals surface area contributed by atoms with E-state index < -0.39 is 5.97 Å². The number of nitrogens with zero attached hydrogens (tertiary/aromatic N) is 1. The molecule has 0 amide bonds. The third kappa shape index (κ3) is 2.38. The topological polar surface area (TPSA) is 70.3 Å². The van der Waals surface area contributed by atoms with Crippen molar-refractivity contribution >= 4 is 5.97 Å². The van der Waals surface area contributed by atoms with Gasteiger partial charge in [-0.15, -0.1) is 0 Å². The SMILES string of the molecule is CCOC(=O)c1c(C)cc(C#N)cc1CO. The van der Waals surface area contributed by atoms with Crippen LogP contribution in [0.2, 0.25) is 0 Å². The first-order valence-corrected chi connectivity index (χ1v) is 4.95. The highest BCUT2D eigenvalue weighted by Gasteiger charge is 2.16. The zero-order valence-corrected chi connectivity index (χ0v) is 9.28. The number of aliphatic hydroxyl groups is 1. The maximum atomic E-state index is 11.6. The second-order valence-corrected chi connectivity index (χ2v) is 3.32. The van der Waals surface area contributed by atoms with Gasteiger partial charge in [-0.2, -0.15) is 5.26 Å². The van der Waals surface area contributed by atoms with Crippen LogP contribution in [0.4, 0.5) is 0 Å². The van der Waals surface area contributed by atoms with Crippen LogP contribution in [-0.2, 0) is 11.3 Å². The average molecular weight is 219 g/mol. The molecular weight excluding hydrogens is 206 g/mol. The molecule has 0 saturated carbocycles. The number of esters is 1. The van der Waals surface area contributed by atoms with Crippen LogP contribution in [0, 0.1) is 18.3 Å². The van der Waals surface area contributed by atoms with Gasteiger partial charge < -0.3 is 9.84 Å². The first-order valence-electron chi connectivity index (χ1n) is 4.95. The molecule has 1 N–H and O–H groups in total. The van der Waals surface area contributed by atoms with E-state index >= 15 is 0 Å². The molecule has 0 aromatic heterocycles. The zero-order chi connectivity index (χ0) is 12.1. The number of hydrogen-bond donors (Lipinski definition) is 1. The minimum absolute atomic E-state index is 0.281. The van der Waals surface area contributed by atoms with Gasteiger partial charge in [-0.25, -0.2) is 4.79 Å². The first-order chi connectivity index (χ1) is 7.63. The van der Waals surface area contributed by atoms with Gasteiger partial charge in [-0.05, 0) is 37.1 Å². The Balaban J connectivity index is 3.28. The summed E-state index contributed by atoms with van der Waals surface area (Å²) in [7, 11) is 0. The molecule has 1 aromatic carbocycles. The van der Waals surface area contributed by atoms with Crippen LogP contribution in [0.15, 0.2) is 12.1 Å². The highest BCUT2D eigenvalue weighted by molar-refractivity contribution is 5.93. The summed E-state index contributed by atoms with van der Waals surface area (Å²) in [4.78, 5) is 11.6. The number of carbonyl (C=O) groups excluding carboxylic acids is 1. The van der Waals surface area contributed by atoms with Gasteiger partial charge in [0.05, 0.1) is 30.4 Å². The summed E-state index contributed by atoms with van der Waals surface area (Å²) in [5, 5.41) is 17.9. The highest BCUT2D eigenvalue weighted by atomic mass is 16.5. The molecule has 0 unspecified atom stereocenters. The van der Waals surface area contributed by atoms with Gasteiger partial charge in [-0.3, -0.25) is 0 Å². The van der Waals surface area contributed by atoms with Gasteiger partial charge in [0.1, 0.15) is 0 Å². The predicted octanol–water partition coefficient (Wildman–Crippen LogP) is 1.54. The van der Waals surface area contributed by atoms with E-state index in [1.807, 2.05) is 6.07 Å². The molecule has 1 rings (SSSR count). The van der Waals surface area contributed by atoms with E-state index in [2.05, 4.69) is 0 Å². The molecule has 0 spiro atoms. The van der Waals surface area contributed by atoms with E-state index in [1.54, 1.807) is 19.9 Å². The number of ether oxygens (including phenoxy) is 1. The van der Waals surface area contributed by atoms with E-state index in [9.17, 15) is 4.79 Å². The van der Waals surface area contributed by atoms with Gasteiger partial charge in [0, 0.05) is 0 Å². The summed E-state index contributed by atoms with van der Waals surface area (Å²) in [6.45, 7) is 3.43. The van der Waals surface area contributed by atoms with Gasteiger partial charge >= 0.3 is 5.97 Å². The molecule has 0 aliphatic heterocycles. The highest BCUT2D eigenvalue weighted by Crippen LogP contribution is 2.18. The minimum Gasteiger partial charge on any atom is -0.462 e. The number of aliphatic hydroxyl groups excluding tert-OH is 1. The molecule has 0 aliphatic carbocycles. The van der Waals surface area contributed by atoms with Crippen molar-refractivity contribution in [2.24, 2.45) is 0 Å². The molecular formula is C12H13NO3. The second kappa shape index (κ2) is 5.29. The standard InChI is InChI=1S/C12H13NO3/c1-3-16-12(15)11-8(2)4-9(6-13)5-10(11)7-14/h4-5,14H,3,7H2,1-2H3. The Labute approximate surface area is 94.1 Å². The van der Waals surface area contributed by atoms with Gasteiger partial charge in [0.2, 0.25) is 0 Å². The van der Waals surface area contributed by atoms with Crippen molar-refractivity contribution in [1.29, 1.82) is 5.26 Å². The smallest absolute Gasteiger partial charge is 0.338 e. The maximum Gasteiger partial charge on any atom is 0.338 e. The van der Waals surface area contributed by atoms with Crippen LogP contribution in [-0.4, -0.2) is 17.7 Å². The second-order valence-electron chi connectivity index (χ2n) is 3.32. The lowest BCUT2D eigenvalue weighted by Gasteiger charge is -2.10. The van der Waals surface area contributed by atoms with Crippen molar-refractivity contribution < 1.29 is 14.6 Å². The van der Waals surface area contributed by atoms with E-state index in [-0.39, 0.29) is 13.2 Å². The molecule has 0 saturated heterocycles. The van der Waals surface area contributed by atoms with Crippen molar-refractivity contribution in [3.8, 4) is 6.07 Å². The molecule has 1 aromatic rings. The van der Waals surface area contributed by atoms with E-state index in [4.69, 9.17) is 15.1 Å². The fourth-order valence-electron chi connectivity index (χ4n) is 1.54. The fraction of sp³-hybridized carbons (Fsp3) is 0.333. The number of hydrogen-bond acceptors (Lipinski definition) is 4. The molecule has 16 heavy (non-hydrogen) atoms. The normalized spacial score (nSPS) is 9.62. The lowest BCUT2D eigenvalue weighted by atomic mass is 9.99. The van der Waals surface area contributed by atoms with Gasteiger partial charge in [0.25, 0.3) is 0 Å². The monoisotopic (exact) mass is 219 g/mol.